The molecule has 0 spiro atoms. The Hall–Kier alpha value is -2.59. The minimum absolute atomic E-state index is 0.00292. The van der Waals surface area contributed by atoms with Crippen LogP contribution in [0.1, 0.15) is 42.2 Å². The van der Waals surface area contributed by atoms with Crippen molar-refractivity contribution in [2.45, 2.75) is 32.5 Å². The average molecular weight is 335 g/mol. The second-order valence-corrected chi connectivity index (χ2v) is 6.29. The maximum atomic E-state index is 12.5. The highest BCUT2D eigenvalue weighted by Crippen LogP contribution is 2.46. The predicted octanol–water partition coefficient (Wildman–Crippen LogP) is 4.58. The molecule has 0 bridgehead atoms. The van der Waals surface area contributed by atoms with Gasteiger partial charge in [-0.25, -0.2) is 0 Å². The molecule has 4 nitrogen and oxygen atoms in total. The molecule has 3 aromatic rings. The third kappa shape index (κ3) is 2.63. The summed E-state index contributed by atoms with van der Waals surface area (Å²) < 4.78 is 13.8. The fraction of sp³-hybridized carbons (Fsp3) is 0.286. The molecule has 1 aliphatic rings. The molecule has 0 amide bonds. The summed E-state index contributed by atoms with van der Waals surface area (Å²) in [7, 11) is 0. The summed E-state index contributed by atoms with van der Waals surface area (Å²) in [6.07, 6.45) is 0.378. The molecule has 0 N–H and O–H groups in total. The van der Waals surface area contributed by atoms with Gasteiger partial charge in [-0.05, 0) is 24.6 Å². The Labute approximate surface area is 147 Å². The Morgan fingerprint density at radius 2 is 1.88 bits per heavy atom. The summed E-state index contributed by atoms with van der Waals surface area (Å²) in [5.41, 5.74) is 2.98. The molecule has 0 saturated carbocycles. The molecule has 0 radical (unpaired) electrons. The smallest absolute Gasteiger partial charge is 0.228 e. The molecule has 2 aromatic carbocycles. The molecule has 2 unspecified atom stereocenters. The highest BCUT2D eigenvalue weighted by atomic mass is 16.7. The van der Waals surface area contributed by atoms with Crippen molar-refractivity contribution in [3.05, 3.63) is 65.9 Å². The monoisotopic (exact) mass is 335 g/mol. The van der Waals surface area contributed by atoms with E-state index in [1.807, 2.05) is 49.4 Å². The van der Waals surface area contributed by atoms with E-state index in [0.29, 0.717) is 13.0 Å². The van der Waals surface area contributed by atoms with E-state index < -0.39 is 0 Å². The van der Waals surface area contributed by atoms with Crippen LogP contribution in [0.3, 0.4) is 0 Å². The summed E-state index contributed by atoms with van der Waals surface area (Å²) in [6, 6.07) is 18.2. The molecule has 25 heavy (non-hydrogen) atoms. The number of rotatable bonds is 3. The number of carbonyl (C=O) groups excluding carboxylic acids is 1. The predicted molar refractivity (Wildman–Crippen MR) is 97.2 cm³/mol. The van der Waals surface area contributed by atoms with E-state index in [2.05, 4.69) is 12.1 Å². The number of benzene rings is 2. The zero-order valence-corrected chi connectivity index (χ0v) is 14.4. The summed E-state index contributed by atoms with van der Waals surface area (Å²) in [5.74, 6) is 0.819. The Morgan fingerprint density at radius 3 is 2.60 bits per heavy atom. The Bertz CT molecular complexity index is 914. The SMILES string of the molecule is CCOC1CC(c2ccccc2)c2c(c3ccccc3n2C(C)=O)O1. The van der Waals surface area contributed by atoms with Gasteiger partial charge >= 0.3 is 0 Å². The molecule has 4 rings (SSSR count). The van der Waals surface area contributed by atoms with Crippen molar-refractivity contribution in [3.8, 4) is 5.75 Å². The number of ether oxygens (including phenoxy) is 2. The first kappa shape index (κ1) is 15.9. The van der Waals surface area contributed by atoms with Crippen molar-refractivity contribution in [2.24, 2.45) is 0 Å². The van der Waals surface area contributed by atoms with E-state index in [0.717, 1.165) is 22.3 Å². The highest BCUT2D eigenvalue weighted by Gasteiger charge is 2.36. The zero-order valence-electron chi connectivity index (χ0n) is 14.4. The molecule has 128 valence electrons. The van der Waals surface area contributed by atoms with Gasteiger partial charge in [0.2, 0.25) is 12.2 Å². The van der Waals surface area contributed by atoms with Gasteiger partial charge in [0, 0.05) is 31.3 Å². The van der Waals surface area contributed by atoms with Crippen molar-refractivity contribution in [1.82, 2.24) is 4.57 Å². The largest absolute Gasteiger partial charge is 0.462 e. The van der Waals surface area contributed by atoms with Crippen molar-refractivity contribution in [1.29, 1.82) is 0 Å². The summed E-state index contributed by atoms with van der Waals surface area (Å²) >= 11 is 0. The van der Waals surface area contributed by atoms with E-state index in [1.54, 1.807) is 11.5 Å². The first-order chi connectivity index (χ1) is 12.2. The van der Waals surface area contributed by atoms with Crippen LogP contribution in [0.25, 0.3) is 10.9 Å². The molecule has 2 atom stereocenters. The fourth-order valence-corrected chi connectivity index (χ4v) is 3.76. The van der Waals surface area contributed by atoms with Gasteiger partial charge in [0.05, 0.1) is 11.2 Å². The molecule has 4 heteroatoms. The van der Waals surface area contributed by atoms with Crippen LogP contribution in [-0.2, 0) is 4.74 Å². The van der Waals surface area contributed by atoms with Crippen molar-refractivity contribution in [3.63, 3.8) is 0 Å². The molecule has 0 saturated heterocycles. The van der Waals surface area contributed by atoms with E-state index in [-0.39, 0.29) is 18.1 Å². The van der Waals surface area contributed by atoms with Crippen LogP contribution in [0.5, 0.6) is 5.75 Å². The molecule has 1 aliphatic heterocycles. The van der Waals surface area contributed by atoms with Crippen LogP contribution < -0.4 is 4.74 Å². The van der Waals surface area contributed by atoms with Crippen molar-refractivity contribution >= 4 is 16.8 Å². The molecule has 1 aromatic heterocycles. The number of aromatic nitrogens is 1. The summed E-state index contributed by atoms with van der Waals surface area (Å²) in [5, 5.41) is 0.957. The molecule has 0 fully saturated rings. The number of nitrogens with zero attached hydrogens (tertiary/aromatic N) is 1. The molecular weight excluding hydrogens is 314 g/mol. The van der Waals surface area contributed by atoms with Crippen LogP contribution >= 0.6 is 0 Å². The van der Waals surface area contributed by atoms with E-state index in [1.165, 1.54) is 5.56 Å². The minimum atomic E-state index is -0.311. The molecule has 2 heterocycles. The lowest BCUT2D eigenvalue weighted by Gasteiger charge is -2.31. The number of hydrogen-bond acceptors (Lipinski definition) is 3. The van der Waals surface area contributed by atoms with Gasteiger partial charge < -0.3 is 9.47 Å². The highest BCUT2D eigenvalue weighted by molar-refractivity contribution is 5.97. The third-order valence-corrected chi connectivity index (χ3v) is 4.74. The summed E-state index contributed by atoms with van der Waals surface area (Å²) in [6.45, 7) is 4.16. The van der Waals surface area contributed by atoms with Gasteiger partial charge in [-0.15, -0.1) is 0 Å². The van der Waals surface area contributed by atoms with Crippen LogP contribution in [0.15, 0.2) is 54.6 Å². The van der Waals surface area contributed by atoms with Crippen LogP contribution in [0.4, 0.5) is 0 Å². The Balaban J connectivity index is 1.98. The standard InChI is InChI=1S/C21H21NO3/c1-3-24-19-13-17(15-9-5-4-6-10-15)20-21(25-19)16-11-7-8-12-18(16)22(20)14(2)23/h4-12,17,19H,3,13H2,1-2H3. The average Bonchev–Trinajstić information content (AvgIpc) is 2.97. The maximum Gasteiger partial charge on any atom is 0.228 e. The first-order valence-electron chi connectivity index (χ1n) is 8.68. The third-order valence-electron chi connectivity index (χ3n) is 4.74. The van der Waals surface area contributed by atoms with Crippen LogP contribution in [0, 0.1) is 0 Å². The Morgan fingerprint density at radius 1 is 1.16 bits per heavy atom. The van der Waals surface area contributed by atoms with Crippen molar-refractivity contribution < 1.29 is 14.3 Å². The normalized spacial score (nSPS) is 19.4. The van der Waals surface area contributed by atoms with Gasteiger partial charge in [0.1, 0.15) is 0 Å². The minimum Gasteiger partial charge on any atom is -0.462 e. The van der Waals surface area contributed by atoms with Gasteiger partial charge in [-0.2, -0.15) is 0 Å². The second kappa shape index (κ2) is 6.37. The van der Waals surface area contributed by atoms with Gasteiger partial charge in [-0.1, -0.05) is 42.5 Å². The molecular formula is C21H21NO3. The lowest BCUT2D eigenvalue weighted by molar-refractivity contribution is -0.0890. The lowest BCUT2D eigenvalue weighted by Crippen LogP contribution is -2.30. The lowest BCUT2D eigenvalue weighted by atomic mass is 9.90. The van der Waals surface area contributed by atoms with Gasteiger partial charge in [-0.3, -0.25) is 9.36 Å². The summed E-state index contributed by atoms with van der Waals surface area (Å²) in [4.78, 5) is 12.5. The topological polar surface area (TPSA) is 40.5 Å². The number of para-hydroxylation sites is 1. The maximum absolute atomic E-state index is 12.5. The number of fused-ring (bicyclic) bond motifs is 3. The second-order valence-electron chi connectivity index (χ2n) is 6.29. The fourth-order valence-electron chi connectivity index (χ4n) is 3.76. The quantitative estimate of drug-likeness (QED) is 0.703. The molecule has 0 aliphatic carbocycles. The van der Waals surface area contributed by atoms with E-state index >= 15 is 0 Å². The van der Waals surface area contributed by atoms with Crippen molar-refractivity contribution in [2.75, 3.05) is 6.61 Å². The van der Waals surface area contributed by atoms with E-state index in [9.17, 15) is 4.79 Å². The van der Waals surface area contributed by atoms with Gasteiger partial charge in [0.15, 0.2) is 5.75 Å². The zero-order chi connectivity index (χ0) is 17.4. The van der Waals surface area contributed by atoms with Crippen LogP contribution in [0.2, 0.25) is 0 Å². The number of hydrogen-bond donors (Lipinski definition) is 0. The number of carbonyl (C=O) groups is 1. The van der Waals surface area contributed by atoms with E-state index in [4.69, 9.17) is 9.47 Å². The first-order valence-corrected chi connectivity index (χ1v) is 8.68. The Kier molecular flexibility index (Phi) is 4.06. The van der Waals surface area contributed by atoms with Gasteiger partial charge in [0.25, 0.3) is 0 Å². The van der Waals surface area contributed by atoms with Crippen LogP contribution in [-0.4, -0.2) is 23.4 Å².